The smallest absolute Gasteiger partial charge is 0.165 e. The molecule has 0 amide bonds. The minimum atomic E-state index is -0.367. The summed E-state index contributed by atoms with van der Waals surface area (Å²) >= 11 is 4.85. The predicted octanol–water partition coefficient (Wildman–Crippen LogP) is 3.55. The first-order valence-corrected chi connectivity index (χ1v) is 4.62. The molecule has 0 atom stereocenters. The average molecular weight is 205 g/mol. The highest BCUT2D eigenvalue weighted by molar-refractivity contribution is 7.71. The molecule has 0 unspecified atom stereocenters. The summed E-state index contributed by atoms with van der Waals surface area (Å²) < 4.78 is 13.8. The third-order valence-electron chi connectivity index (χ3n) is 1.96. The van der Waals surface area contributed by atoms with E-state index in [9.17, 15) is 4.39 Å². The number of hydrogen-bond donors (Lipinski definition) is 1. The second-order valence-electron chi connectivity index (χ2n) is 2.90. The number of rotatable bonds is 1. The molecule has 2 aromatic rings. The molecule has 14 heavy (non-hydrogen) atoms. The average Bonchev–Trinajstić information content (AvgIpc) is 2.23. The quantitative estimate of drug-likeness (QED) is 0.704. The number of halogens is 1. The van der Waals surface area contributed by atoms with Crippen molar-refractivity contribution in [3.63, 3.8) is 0 Å². The van der Waals surface area contributed by atoms with E-state index >= 15 is 0 Å². The number of benzene rings is 1. The molecule has 2 rings (SSSR count). The monoisotopic (exact) mass is 205 g/mol. The molecule has 1 aromatic heterocycles. The predicted molar refractivity (Wildman–Crippen MR) is 57.0 cm³/mol. The van der Waals surface area contributed by atoms with Crippen LogP contribution in [0.25, 0.3) is 11.3 Å². The summed E-state index contributed by atoms with van der Waals surface area (Å²) in [6, 6.07) is 10.8. The normalized spacial score (nSPS) is 10.1. The SMILES string of the molecule is Fc1c(-c2ccccc2)[nH]ccc1=S. The Bertz CT molecular complexity index is 490. The number of hydrogen-bond acceptors (Lipinski definition) is 1. The van der Waals surface area contributed by atoms with E-state index in [0.717, 1.165) is 5.56 Å². The first-order chi connectivity index (χ1) is 6.79. The van der Waals surface area contributed by atoms with E-state index in [2.05, 4.69) is 4.98 Å². The number of pyridine rings is 1. The summed E-state index contributed by atoms with van der Waals surface area (Å²) in [6.07, 6.45) is 1.65. The maximum Gasteiger partial charge on any atom is 0.165 e. The largest absolute Gasteiger partial charge is 0.359 e. The van der Waals surface area contributed by atoms with Gasteiger partial charge in [0.25, 0.3) is 0 Å². The Kier molecular flexibility index (Phi) is 2.41. The van der Waals surface area contributed by atoms with Gasteiger partial charge < -0.3 is 4.98 Å². The third kappa shape index (κ3) is 1.59. The first kappa shape index (κ1) is 9.09. The van der Waals surface area contributed by atoms with Gasteiger partial charge in [-0.2, -0.15) is 0 Å². The minimum absolute atomic E-state index is 0.239. The molecule has 0 spiro atoms. The third-order valence-corrected chi connectivity index (χ3v) is 2.28. The van der Waals surface area contributed by atoms with Crippen molar-refractivity contribution < 1.29 is 4.39 Å². The van der Waals surface area contributed by atoms with Gasteiger partial charge in [0.2, 0.25) is 0 Å². The molecule has 0 aliphatic carbocycles. The fraction of sp³-hybridized carbons (Fsp3) is 0. The summed E-state index contributed by atoms with van der Waals surface area (Å²) in [4.78, 5) is 2.85. The highest BCUT2D eigenvalue weighted by atomic mass is 32.1. The highest BCUT2D eigenvalue weighted by Crippen LogP contribution is 2.19. The van der Waals surface area contributed by atoms with E-state index in [1.165, 1.54) is 6.07 Å². The fourth-order valence-corrected chi connectivity index (χ4v) is 1.45. The summed E-state index contributed by atoms with van der Waals surface area (Å²) in [5.74, 6) is -0.367. The maximum atomic E-state index is 13.6. The molecule has 1 nitrogen and oxygen atoms in total. The summed E-state index contributed by atoms with van der Waals surface area (Å²) in [5, 5.41) is 0. The van der Waals surface area contributed by atoms with Gasteiger partial charge in [0.15, 0.2) is 5.82 Å². The van der Waals surface area contributed by atoms with E-state index in [4.69, 9.17) is 12.2 Å². The van der Waals surface area contributed by atoms with Crippen LogP contribution in [0.2, 0.25) is 0 Å². The lowest BCUT2D eigenvalue weighted by Crippen LogP contribution is -1.88. The van der Waals surface area contributed by atoms with Crippen LogP contribution in [0.1, 0.15) is 0 Å². The zero-order valence-corrected chi connectivity index (χ0v) is 8.14. The van der Waals surface area contributed by atoms with Crippen LogP contribution < -0.4 is 0 Å². The molecule has 0 saturated carbocycles. The number of H-pyrrole nitrogens is 1. The van der Waals surface area contributed by atoms with Crippen LogP contribution in [0, 0.1) is 10.3 Å². The van der Waals surface area contributed by atoms with Gasteiger partial charge in [-0.3, -0.25) is 0 Å². The van der Waals surface area contributed by atoms with E-state index < -0.39 is 0 Å². The lowest BCUT2D eigenvalue weighted by Gasteiger charge is -2.02. The molecule has 0 saturated heterocycles. The first-order valence-electron chi connectivity index (χ1n) is 4.21. The Morgan fingerprint density at radius 3 is 2.50 bits per heavy atom. The van der Waals surface area contributed by atoms with Gasteiger partial charge in [0.05, 0.1) is 10.2 Å². The zero-order chi connectivity index (χ0) is 9.97. The van der Waals surface area contributed by atoms with Gasteiger partial charge in [-0.15, -0.1) is 0 Å². The molecular formula is C11H8FNS. The second-order valence-corrected chi connectivity index (χ2v) is 3.34. The zero-order valence-electron chi connectivity index (χ0n) is 7.33. The van der Waals surface area contributed by atoms with Crippen LogP contribution in [-0.2, 0) is 0 Å². The van der Waals surface area contributed by atoms with Crippen LogP contribution in [0.3, 0.4) is 0 Å². The van der Waals surface area contributed by atoms with Crippen molar-refractivity contribution in [1.82, 2.24) is 4.98 Å². The molecular weight excluding hydrogens is 197 g/mol. The molecule has 0 bridgehead atoms. The Labute approximate surface area is 86.2 Å². The molecule has 0 aliphatic rings. The van der Waals surface area contributed by atoms with Gasteiger partial charge in [0, 0.05) is 11.8 Å². The lowest BCUT2D eigenvalue weighted by molar-refractivity contribution is 0.622. The van der Waals surface area contributed by atoms with Crippen molar-refractivity contribution in [3.8, 4) is 11.3 Å². The summed E-state index contributed by atoms with van der Waals surface area (Å²) in [5.41, 5.74) is 1.25. The standard InChI is InChI=1S/C11H8FNS/c12-10-9(14)6-7-13-11(10)8-4-2-1-3-5-8/h1-7H,(H,13,14). The van der Waals surface area contributed by atoms with E-state index in [1.54, 1.807) is 6.20 Å². The van der Waals surface area contributed by atoms with Crippen molar-refractivity contribution in [2.45, 2.75) is 0 Å². The number of nitrogens with one attached hydrogen (secondary N) is 1. The number of aromatic amines is 1. The molecule has 1 heterocycles. The second kappa shape index (κ2) is 3.72. The van der Waals surface area contributed by atoms with Crippen LogP contribution >= 0.6 is 12.2 Å². The van der Waals surface area contributed by atoms with Crippen LogP contribution in [0.15, 0.2) is 42.6 Å². The van der Waals surface area contributed by atoms with Gasteiger partial charge in [-0.1, -0.05) is 42.5 Å². The molecule has 70 valence electrons. The Morgan fingerprint density at radius 1 is 1.07 bits per heavy atom. The van der Waals surface area contributed by atoms with E-state index in [0.29, 0.717) is 5.69 Å². The molecule has 0 radical (unpaired) electrons. The molecule has 1 N–H and O–H groups in total. The van der Waals surface area contributed by atoms with Crippen LogP contribution in [-0.4, -0.2) is 4.98 Å². The minimum Gasteiger partial charge on any atom is -0.359 e. The Balaban J connectivity index is 2.64. The highest BCUT2D eigenvalue weighted by Gasteiger charge is 2.04. The van der Waals surface area contributed by atoms with Crippen LogP contribution in [0.4, 0.5) is 4.39 Å². The summed E-state index contributed by atoms with van der Waals surface area (Å²) in [7, 11) is 0. The lowest BCUT2D eigenvalue weighted by atomic mass is 10.1. The van der Waals surface area contributed by atoms with Crippen molar-refractivity contribution in [1.29, 1.82) is 0 Å². The molecule has 1 aromatic carbocycles. The van der Waals surface area contributed by atoms with E-state index in [1.807, 2.05) is 30.3 Å². The van der Waals surface area contributed by atoms with Crippen molar-refractivity contribution in [3.05, 3.63) is 52.9 Å². The Hall–Kier alpha value is -1.48. The molecule has 3 heteroatoms. The van der Waals surface area contributed by atoms with Gasteiger partial charge in [0.1, 0.15) is 0 Å². The van der Waals surface area contributed by atoms with Crippen molar-refractivity contribution in [2.75, 3.05) is 0 Å². The molecule has 0 aliphatic heterocycles. The number of aromatic nitrogens is 1. The fourth-order valence-electron chi connectivity index (χ4n) is 1.28. The van der Waals surface area contributed by atoms with Gasteiger partial charge in [-0.05, 0) is 6.07 Å². The van der Waals surface area contributed by atoms with Gasteiger partial charge >= 0.3 is 0 Å². The van der Waals surface area contributed by atoms with Crippen LogP contribution in [0.5, 0.6) is 0 Å². The van der Waals surface area contributed by atoms with Crippen molar-refractivity contribution in [2.24, 2.45) is 0 Å². The van der Waals surface area contributed by atoms with E-state index in [-0.39, 0.29) is 10.3 Å². The maximum absolute atomic E-state index is 13.6. The Morgan fingerprint density at radius 2 is 1.79 bits per heavy atom. The van der Waals surface area contributed by atoms with Gasteiger partial charge in [-0.25, -0.2) is 4.39 Å². The molecule has 0 fully saturated rings. The van der Waals surface area contributed by atoms with Crippen molar-refractivity contribution >= 4 is 12.2 Å². The topological polar surface area (TPSA) is 15.8 Å². The summed E-state index contributed by atoms with van der Waals surface area (Å²) in [6.45, 7) is 0.